The van der Waals surface area contributed by atoms with Gasteiger partial charge in [0.15, 0.2) is 26.1 Å². The fourth-order valence-electron chi connectivity index (χ4n) is 7.59. The Hall–Kier alpha value is -1.50. The lowest BCUT2D eigenvalue weighted by atomic mass is 9.84. The fraction of sp³-hybridized carbons (Fsp3) is 0.800. The van der Waals surface area contributed by atoms with Crippen molar-refractivity contribution in [1.82, 2.24) is 0 Å². The number of benzene rings is 1. The second kappa shape index (κ2) is 23.2. The standard InChI is InChI=1S/C40H72O9Si/c1-14-18-33(41-9)30(7)37(49-50(15-2,16-3)17-4)25-36(43-11)28(5)19-21-34(31(8)40-29(6)23-39(45-13)48-40)47-27-46-26-32-20-22-35(42-10)38(24-32)44-12/h14,20,22,24,28-31,33-34,36-37,39-40H,1,15-19,21,23,25-27H2,2-13H3/t28-,29+,30+,31-,33-,34+,36-,37-,39+,40+/m0/s1. The van der Waals surface area contributed by atoms with Gasteiger partial charge in [0.05, 0.1) is 51.3 Å². The van der Waals surface area contributed by atoms with Crippen molar-refractivity contribution in [2.75, 3.05) is 42.3 Å². The van der Waals surface area contributed by atoms with Crippen LogP contribution in [0.5, 0.6) is 11.5 Å². The van der Waals surface area contributed by atoms with E-state index < -0.39 is 8.32 Å². The Labute approximate surface area is 306 Å². The summed E-state index contributed by atoms with van der Waals surface area (Å²) in [6.45, 7) is 20.5. The highest BCUT2D eigenvalue weighted by Gasteiger charge is 2.41. The molecule has 1 aromatic carbocycles. The lowest BCUT2D eigenvalue weighted by Crippen LogP contribution is -2.46. The van der Waals surface area contributed by atoms with Crippen LogP contribution in [0.15, 0.2) is 30.9 Å². The quantitative estimate of drug-likeness (QED) is 0.0382. The molecule has 10 atom stereocenters. The van der Waals surface area contributed by atoms with E-state index in [0.717, 1.165) is 55.8 Å². The summed E-state index contributed by atoms with van der Waals surface area (Å²) in [5.41, 5.74) is 0.985. The molecule has 50 heavy (non-hydrogen) atoms. The zero-order valence-corrected chi connectivity index (χ0v) is 34.5. The van der Waals surface area contributed by atoms with E-state index in [1.54, 1.807) is 28.4 Å². The molecular formula is C40H72O9Si. The minimum Gasteiger partial charge on any atom is -0.493 e. The smallest absolute Gasteiger partial charge is 0.192 e. The van der Waals surface area contributed by atoms with Crippen molar-refractivity contribution in [1.29, 1.82) is 0 Å². The van der Waals surface area contributed by atoms with Crippen LogP contribution in [-0.2, 0) is 39.5 Å². The molecule has 1 fully saturated rings. The molecule has 1 aliphatic rings. The Morgan fingerprint density at radius 3 is 2.08 bits per heavy atom. The summed E-state index contributed by atoms with van der Waals surface area (Å²) < 4.78 is 54.8. The van der Waals surface area contributed by atoms with Gasteiger partial charge in [0.25, 0.3) is 0 Å². The van der Waals surface area contributed by atoms with Gasteiger partial charge in [0, 0.05) is 39.6 Å². The van der Waals surface area contributed by atoms with Gasteiger partial charge in [-0.2, -0.15) is 0 Å². The van der Waals surface area contributed by atoms with Gasteiger partial charge in [0.1, 0.15) is 6.79 Å². The van der Waals surface area contributed by atoms with Gasteiger partial charge in [0.2, 0.25) is 0 Å². The third-order valence-electron chi connectivity index (χ3n) is 11.4. The summed E-state index contributed by atoms with van der Waals surface area (Å²) >= 11 is 0. The maximum absolute atomic E-state index is 7.21. The van der Waals surface area contributed by atoms with Gasteiger partial charge < -0.3 is 42.3 Å². The van der Waals surface area contributed by atoms with Crippen LogP contribution in [-0.4, -0.2) is 87.5 Å². The fourth-order valence-corrected chi connectivity index (χ4v) is 10.5. The molecule has 1 heterocycles. The Morgan fingerprint density at radius 1 is 0.880 bits per heavy atom. The Balaban J connectivity index is 2.19. The molecule has 9 nitrogen and oxygen atoms in total. The molecule has 0 unspecified atom stereocenters. The summed E-state index contributed by atoms with van der Waals surface area (Å²) in [6.07, 6.45) is 6.10. The average Bonchev–Trinajstić information content (AvgIpc) is 3.53. The first kappa shape index (κ1) is 44.7. The summed E-state index contributed by atoms with van der Waals surface area (Å²) in [7, 11) is 6.73. The minimum absolute atomic E-state index is 0.0257. The second-order valence-electron chi connectivity index (χ2n) is 14.3. The predicted molar refractivity (Wildman–Crippen MR) is 203 cm³/mol. The molecule has 10 heteroatoms. The molecule has 0 spiro atoms. The van der Waals surface area contributed by atoms with Gasteiger partial charge in [-0.15, -0.1) is 6.58 Å². The van der Waals surface area contributed by atoms with Gasteiger partial charge in [-0.25, -0.2) is 0 Å². The van der Waals surface area contributed by atoms with Gasteiger partial charge in [-0.3, -0.25) is 0 Å². The van der Waals surface area contributed by atoms with Crippen molar-refractivity contribution in [3.63, 3.8) is 0 Å². The van der Waals surface area contributed by atoms with Crippen LogP contribution in [0.3, 0.4) is 0 Å². The van der Waals surface area contributed by atoms with Crippen LogP contribution in [0, 0.1) is 23.7 Å². The third-order valence-corrected chi connectivity index (χ3v) is 16.1. The van der Waals surface area contributed by atoms with Crippen LogP contribution >= 0.6 is 0 Å². The zero-order valence-electron chi connectivity index (χ0n) is 33.5. The summed E-state index contributed by atoms with van der Waals surface area (Å²) in [6, 6.07) is 9.11. The first-order valence-corrected chi connectivity index (χ1v) is 21.5. The monoisotopic (exact) mass is 724 g/mol. The molecule has 2 rings (SSSR count). The number of rotatable bonds is 27. The molecule has 0 aliphatic carbocycles. The van der Waals surface area contributed by atoms with Crippen molar-refractivity contribution in [2.24, 2.45) is 23.7 Å². The van der Waals surface area contributed by atoms with E-state index in [-0.39, 0.29) is 61.4 Å². The molecule has 0 aromatic heterocycles. The van der Waals surface area contributed by atoms with E-state index in [2.05, 4.69) is 55.0 Å². The summed E-state index contributed by atoms with van der Waals surface area (Å²) in [4.78, 5) is 0. The normalized spacial score (nSPS) is 22.4. The zero-order chi connectivity index (χ0) is 37.3. The average molecular weight is 725 g/mol. The Bertz CT molecular complexity index is 1060. The van der Waals surface area contributed by atoms with E-state index in [1.807, 2.05) is 31.4 Å². The van der Waals surface area contributed by atoms with E-state index in [4.69, 9.17) is 42.3 Å². The maximum atomic E-state index is 7.21. The molecule has 1 aliphatic heterocycles. The Morgan fingerprint density at radius 2 is 1.54 bits per heavy atom. The molecule has 1 saturated heterocycles. The predicted octanol–water partition coefficient (Wildman–Crippen LogP) is 9.04. The van der Waals surface area contributed by atoms with Crippen molar-refractivity contribution in [2.45, 2.75) is 142 Å². The lowest BCUT2D eigenvalue weighted by Gasteiger charge is -2.40. The third kappa shape index (κ3) is 12.9. The minimum atomic E-state index is -1.88. The molecule has 0 saturated carbocycles. The molecule has 1 aromatic rings. The van der Waals surface area contributed by atoms with E-state index >= 15 is 0 Å². The van der Waals surface area contributed by atoms with Crippen LogP contribution in [0.4, 0.5) is 0 Å². The summed E-state index contributed by atoms with van der Waals surface area (Å²) in [5, 5.41) is 0. The van der Waals surface area contributed by atoms with Gasteiger partial charge >= 0.3 is 0 Å². The van der Waals surface area contributed by atoms with E-state index in [1.165, 1.54) is 0 Å². The van der Waals surface area contributed by atoms with Crippen LogP contribution in [0.25, 0.3) is 0 Å². The second-order valence-corrected chi connectivity index (χ2v) is 19.0. The molecular weight excluding hydrogens is 653 g/mol. The molecule has 0 radical (unpaired) electrons. The first-order chi connectivity index (χ1) is 24.0. The van der Waals surface area contributed by atoms with Crippen molar-refractivity contribution >= 4 is 8.32 Å². The first-order valence-electron chi connectivity index (χ1n) is 18.9. The highest BCUT2D eigenvalue weighted by molar-refractivity contribution is 6.73. The van der Waals surface area contributed by atoms with Crippen LogP contribution in [0.2, 0.25) is 18.1 Å². The molecule has 290 valence electrons. The SMILES string of the molecule is C=CC[C@H](OC)[C@@H](C)[C@H](C[C@H](OC)[C@@H](C)CC[C@@H](OCOCc1ccc(OC)c(OC)c1)[C@H](C)[C@@H]1O[C@@H](OC)C[C@H]1C)O[Si](CC)(CC)CC. The van der Waals surface area contributed by atoms with Gasteiger partial charge in [-0.1, -0.05) is 60.6 Å². The largest absolute Gasteiger partial charge is 0.493 e. The lowest BCUT2D eigenvalue weighted by molar-refractivity contribution is -0.162. The molecule has 0 N–H and O–H groups in total. The van der Waals surface area contributed by atoms with Crippen LogP contribution in [0.1, 0.15) is 86.1 Å². The topological polar surface area (TPSA) is 83.1 Å². The Kier molecular flexibility index (Phi) is 20.7. The number of methoxy groups -OCH3 is 5. The number of ether oxygens (including phenoxy) is 8. The van der Waals surface area contributed by atoms with Crippen molar-refractivity contribution in [3.05, 3.63) is 36.4 Å². The van der Waals surface area contributed by atoms with E-state index in [9.17, 15) is 0 Å². The highest BCUT2D eigenvalue weighted by Crippen LogP contribution is 2.37. The summed E-state index contributed by atoms with van der Waals surface area (Å²) in [5.74, 6) is 2.35. The van der Waals surface area contributed by atoms with Crippen LogP contribution < -0.4 is 9.47 Å². The van der Waals surface area contributed by atoms with Crippen molar-refractivity contribution in [3.8, 4) is 11.5 Å². The van der Waals surface area contributed by atoms with E-state index in [0.29, 0.717) is 24.0 Å². The highest BCUT2D eigenvalue weighted by atomic mass is 28.4. The molecule has 0 amide bonds. The number of hydrogen-bond donors (Lipinski definition) is 0. The van der Waals surface area contributed by atoms with Crippen molar-refractivity contribution < 1.29 is 42.3 Å². The molecule has 0 bridgehead atoms. The maximum Gasteiger partial charge on any atom is 0.192 e. The number of hydrogen-bond acceptors (Lipinski definition) is 9. The van der Waals surface area contributed by atoms with Gasteiger partial charge in [-0.05, 0) is 73.3 Å².